The molecule has 0 aliphatic heterocycles. The SMILES string of the molecule is CCCCCCCCC/C=C\CCCCCCCC(=O)OCCCCCCCCCCCCCCCCCC/C=C\CCCCCCCCCCCCCCCCCCCC(=O)NC(CO)C(O)CCCCCCCCCCCCCC. The monoisotopic (exact) mass is 1150 g/mol. The van der Waals surface area contributed by atoms with Crippen molar-refractivity contribution in [3.63, 3.8) is 0 Å². The molecule has 0 bridgehead atoms. The molecule has 0 aliphatic rings. The third-order valence-electron chi connectivity index (χ3n) is 17.7. The highest BCUT2D eigenvalue weighted by molar-refractivity contribution is 5.76. The predicted octanol–water partition coefficient (Wildman–Crippen LogP) is 24.5. The van der Waals surface area contributed by atoms with Gasteiger partial charge in [-0.3, -0.25) is 9.59 Å². The van der Waals surface area contributed by atoms with Crippen LogP contribution in [0.2, 0.25) is 0 Å². The standard InChI is InChI=1S/C76H147NO5/c1-3-5-7-9-11-13-15-17-18-43-46-50-54-58-62-66-70-76(81)82-71-67-63-59-55-51-47-44-41-39-37-35-33-31-29-27-25-23-21-19-20-22-24-26-28-30-32-34-36-38-40-42-45-49-53-57-61-65-69-75(80)77-73(72-78)74(79)68-64-60-56-52-48-16-14-12-10-8-6-4-2/h18-19,21,43,73-74,78-79H,3-17,20,22-42,44-72H2,1-2H3,(H,77,80)/b21-19-,43-18-. The first-order valence-corrected chi connectivity index (χ1v) is 37.6. The Balaban J connectivity index is 3.31. The molecule has 82 heavy (non-hydrogen) atoms. The molecule has 6 heteroatoms. The van der Waals surface area contributed by atoms with Gasteiger partial charge in [0.25, 0.3) is 0 Å². The average Bonchev–Trinajstić information content (AvgIpc) is 3.48. The number of carbonyl (C=O) groups is 2. The van der Waals surface area contributed by atoms with Crippen molar-refractivity contribution in [3.8, 4) is 0 Å². The number of ether oxygens (including phenoxy) is 1. The molecule has 0 aliphatic carbocycles. The van der Waals surface area contributed by atoms with Crippen LogP contribution >= 0.6 is 0 Å². The van der Waals surface area contributed by atoms with Gasteiger partial charge < -0.3 is 20.3 Å². The van der Waals surface area contributed by atoms with E-state index in [-0.39, 0.29) is 18.5 Å². The second-order valence-corrected chi connectivity index (χ2v) is 26.0. The summed E-state index contributed by atoms with van der Waals surface area (Å²) in [6.07, 6.45) is 91.2. The number of hydrogen-bond donors (Lipinski definition) is 3. The fourth-order valence-corrected chi connectivity index (χ4v) is 12.0. The van der Waals surface area contributed by atoms with Crippen molar-refractivity contribution in [2.24, 2.45) is 0 Å². The van der Waals surface area contributed by atoms with Gasteiger partial charge in [-0.05, 0) is 77.0 Å². The summed E-state index contributed by atoms with van der Waals surface area (Å²) in [5.74, 6) is -0.0144. The summed E-state index contributed by atoms with van der Waals surface area (Å²) < 4.78 is 5.50. The smallest absolute Gasteiger partial charge is 0.305 e. The van der Waals surface area contributed by atoms with Crippen molar-refractivity contribution >= 4 is 11.9 Å². The molecule has 0 heterocycles. The number of hydrogen-bond acceptors (Lipinski definition) is 5. The first-order valence-electron chi connectivity index (χ1n) is 37.6. The van der Waals surface area contributed by atoms with E-state index in [4.69, 9.17) is 4.74 Å². The summed E-state index contributed by atoms with van der Waals surface area (Å²) in [6.45, 7) is 4.98. The van der Waals surface area contributed by atoms with Crippen molar-refractivity contribution in [1.82, 2.24) is 5.32 Å². The second kappa shape index (κ2) is 71.8. The topological polar surface area (TPSA) is 95.9 Å². The zero-order chi connectivity index (χ0) is 59.2. The highest BCUT2D eigenvalue weighted by Gasteiger charge is 2.20. The van der Waals surface area contributed by atoms with Crippen molar-refractivity contribution < 1.29 is 24.5 Å². The number of allylic oxidation sites excluding steroid dienone is 4. The molecule has 0 saturated heterocycles. The van der Waals surface area contributed by atoms with E-state index in [1.54, 1.807) is 0 Å². The Kier molecular flexibility index (Phi) is 70.4. The molecule has 0 saturated carbocycles. The largest absolute Gasteiger partial charge is 0.466 e. The molecule has 2 unspecified atom stereocenters. The first kappa shape index (κ1) is 80.3. The third kappa shape index (κ3) is 67.5. The summed E-state index contributed by atoms with van der Waals surface area (Å²) in [5, 5.41) is 23.3. The fourth-order valence-electron chi connectivity index (χ4n) is 12.0. The fraction of sp³-hybridized carbons (Fsp3) is 0.921. The highest BCUT2D eigenvalue weighted by atomic mass is 16.5. The molecule has 486 valence electrons. The van der Waals surface area contributed by atoms with Crippen LogP contribution in [-0.4, -0.2) is 47.4 Å². The molecule has 0 spiro atoms. The number of aliphatic hydroxyl groups excluding tert-OH is 2. The van der Waals surface area contributed by atoms with Crippen LogP contribution < -0.4 is 5.32 Å². The van der Waals surface area contributed by atoms with Crippen molar-refractivity contribution in [2.45, 2.75) is 437 Å². The predicted molar refractivity (Wildman–Crippen MR) is 361 cm³/mol. The van der Waals surface area contributed by atoms with E-state index in [1.165, 1.54) is 347 Å². The van der Waals surface area contributed by atoms with Crippen LogP contribution in [0.25, 0.3) is 0 Å². The maximum Gasteiger partial charge on any atom is 0.305 e. The lowest BCUT2D eigenvalue weighted by molar-refractivity contribution is -0.143. The normalized spacial score (nSPS) is 12.6. The van der Waals surface area contributed by atoms with Crippen LogP contribution in [0.1, 0.15) is 425 Å². The van der Waals surface area contributed by atoms with E-state index in [0.29, 0.717) is 25.9 Å². The quantitative estimate of drug-likeness (QED) is 0.0320. The molecule has 0 aromatic rings. The van der Waals surface area contributed by atoms with Crippen molar-refractivity contribution in [3.05, 3.63) is 24.3 Å². The van der Waals surface area contributed by atoms with E-state index < -0.39 is 12.1 Å². The summed E-state index contributed by atoms with van der Waals surface area (Å²) >= 11 is 0. The number of unbranched alkanes of at least 4 members (excludes halogenated alkanes) is 56. The van der Waals surface area contributed by atoms with Gasteiger partial charge in [0.1, 0.15) is 0 Å². The lowest BCUT2D eigenvalue weighted by Crippen LogP contribution is -2.45. The van der Waals surface area contributed by atoms with E-state index >= 15 is 0 Å². The van der Waals surface area contributed by atoms with Crippen LogP contribution in [-0.2, 0) is 14.3 Å². The number of nitrogens with one attached hydrogen (secondary N) is 1. The van der Waals surface area contributed by atoms with Gasteiger partial charge in [-0.1, -0.05) is 359 Å². The lowest BCUT2D eigenvalue weighted by Gasteiger charge is -2.22. The number of esters is 1. The molecule has 6 nitrogen and oxygen atoms in total. The van der Waals surface area contributed by atoms with Crippen LogP contribution in [0.15, 0.2) is 24.3 Å². The summed E-state index contributed by atoms with van der Waals surface area (Å²) in [7, 11) is 0. The molecular weight excluding hydrogens is 1010 g/mol. The summed E-state index contributed by atoms with van der Waals surface area (Å²) in [6, 6.07) is -0.537. The van der Waals surface area contributed by atoms with Crippen LogP contribution in [0.4, 0.5) is 0 Å². The lowest BCUT2D eigenvalue weighted by atomic mass is 10.0. The van der Waals surface area contributed by atoms with Gasteiger partial charge >= 0.3 is 5.97 Å². The van der Waals surface area contributed by atoms with Gasteiger partial charge in [0.2, 0.25) is 5.91 Å². The van der Waals surface area contributed by atoms with Gasteiger partial charge in [-0.25, -0.2) is 0 Å². The van der Waals surface area contributed by atoms with Gasteiger partial charge in [-0.2, -0.15) is 0 Å². The molecule has 3 N–H and O–H groups in total. The molecule has 0 aromatic carbocycles. The van der Waals surface area contributed by atoms with Crippen molar-refractivity contribution in [1.29, 1.82) is 0 Å². The zero-order valence-electron chi connectivity index (χ0n) is 55.8. The minimum atomic E-state index is -0.660. The average molecular weight is 1160 g/mol. The Morgan fingerprint density at radius 2 is 0.573 bits per heavy atom. The molecule has 0 aromatic heterocycles. The van der Waals surface area contributed by atoms with E-state index in [9.17, 15) is 19.8 Å². The van der Waals surface area contributed by atoms with Gasteiger partial charge in [0, 0.05) is 12.8 Å². The Labute approximate surface area is 513 Å². The Hall–Kier alpha value is -1.66. The number of amides is 1. The molecule has 1 amide bonds. The highest BCUT2D eigenvalue weighted by Crippen LogP contribution is 2.19. The number of aliphatic hydroxyl groups is 2. The van der Waals surface area contributed by atoms with Crippen LogP contribution in [0.3, 0.4) is 0 Å². The first-order chi connectivity index (χ1) is 40.5. The number of carbonyl (C=O) groups excluding carboxylic acids is 2. The Morgan fingerprint density at radius 3 is 0.866 bits per heavy atom. The van der Waals surface area contributed by atoms with Gasteiger partial charge in [0.05, 0.1) is 25.4 Å². The summed E-state index contributed by atoms with van der Waals surface area (Å²) in [4.78, 5) is 24.6. The second-order valence-electron chi connectivity index (χ2n) is 26.0. The maximum absolute atomic E-state index is 12.5. The molecule has 0 rings (SSSR count). The van der Waals surface area contributed by atoms with Crippen LogP contribution in [0.5, 0.6) is 0 Å². The molecule has 0 radical (unpaired) electrons. The van der Waals surface area contributed by atoms with Gasteiger partial charge in [-0.15, -0.1) is 0 Å². The third-order valence-corrected chi connectivity index (χ3v) is 17.7. The minimum Gasteiger partial charge on any atom is -0.466 e. The molecule has 0 fully saturated rings. The molecular formula is C76H147NO5. The van der Waals surface area contributed by atoms with Gasteiger partial charge in [0.15, 0.2) is 0 Å². The van der Waals surface area contributed by atoms with Crippen molar-refractivity contribution in [2.75, 3.05) is 13.2 Å². The summed E-state index contributed by atoms with van der Waals surface area (Å²) in [5.41, 5.74) is 0. The van der Waals surface area contributed by atoms with E-state index in [1.807, 2.05) is 0 Å². The Bertz CT molecular complexity index is 1280. The van der Waals surface area contributed by atoms with Crippen LogP contribution in [0, 0.1) is 0 Å². The van der Waals surface area contributed by atoms with E-state index in [2.05, 4.69) is 43.5 Å². The zero-order valence-corrected chi connectivity index (χ0v) is 55.8. The number of rotatable bonds is 71. The Morgan fingerprint density at radius 1 is 0.329 bits per heavy atom. The minimum absolute atomic E-state index is 0.0147. The maximum atomic E-state index is 12.5. The molecule has 2 atom stereocenters. The van der Waals surface area contributed by atoms with E-state index in [0.717, 1.165) is 44.9 Å².